The number of hydrogen-bond donors (Lipinski definition) is 4. The average Bonchev–Trinajstić information content (AvgIpc) is 4.26. The number of hydrogen-bond acceptors (Lipinski definition) is 16. The third kappa shape index (κ3) is 11.0. The number of rotatable bonds is 13. The lowest BCUT2D eigenvalue weighted by Gasteiger charge is -2.34. The zero-order chi connectivity index (χ0) is 50.5. The Morgan fingerprint density at radius 2 is 0.946 bits per heavy atom. The van der Waals surface area contributed by atoms with Crippen LogP contribution in [0.25, 0.3) is 22.3 Å². The fraction of sp³-hybridized carbons (Fsp3) is 0.382. The minimum absolute atomic E-state index is 0.0310. The van der Waals surface area contributed by atoms with Crippen LogP contribution in [0.15, 0.2) is 109 Å². The van der Waals surface area contributed by atoms with E-state index >= 15 is 0 Å². The molecule has 0 atom stereocenters. The molecule has 0 bridgehead atoms. The first kappa shape index (κ1) is 48.4. The van der Waals surface area contributed by atoms with E-state index in [-0.39, 0.29) is 11.7 Å². The van der Waals surface area contributed by atoms with E-state index < -0.39 is 4.92 Å². The van der Waals surface area contributed by atoms with Crippen molar-refractivity contribution in [3.63, 3.8) is 0 Å². The molecule has 19 heteroatoms. The Labute approximate surface area is 431 Å². The molecule has 4 aliphatic rings. The maximum Gasteiger partial charge on any atom is 0.271 e. The van der Waals surface area contributed by atoms with Crippen LogP contribution in [0.5, 0.6) is 0 Å². The monoisotopic (exact) mass is 996 g/mol. The second-order valence-corrected chi connectivity index (χ2v) is 20.1. The number of benzene rings is 4. The predicted octanol–water partition coefficient (Wildman–Crippen LogP) is 10.6. The van der Waals surface area contributed by atoms with E-state index in [4.69, 9.17) is 19.9 Å². The third-order valence-electron chi connectivity index (χ3n) is 14.8. The van der Waals surface area contributed by atoms with Crippen molar-refractivity contribution in [1.29, 1.82) is 0 Å². The maximum absolute atomic E-state index is 11.2. The predicted molar refractivity (Wildman–Crippen MR) is 295 cm³/mol. The molecule has 6 heterocycles. The lowest BCUT2D eigenvalue weighted by molar-refractivity contribution is -0.384. The quantitative estimate of drug-likeness (QED) is 0.0629. The van der Waals surface area contributed by atoms with Crippen molar-refractivity contribution in [2.24, 2.45) is 0 Å². The lowest BCUT2D eigenvalue weighted by Crippen LogP contribution is -2.44. The summed E-state index contributed by atoms with van der Waals surface area (Å²) in [5.41, 5.74) is 10.4. The zero-order valence-electron chi connectivity index (χ0n) is 42.5. The molecule has 0 spiro atoms. The van der Waals surface area contributed by atoms with Crippen molar-refractivity contribution in [2.75, 3.05) is 97.5 Å². The van der Waals surface area contributed by atoms with Crippen molar-refractivity contribution >= 4 is 85.9 Å². The summed E-state index contributed by atoms with van der Waals surface area (Å²) in [6, 6.07) is 32.5. The van der Waals surface area contributed by atoms with E-state index in [0.717, 1.165) is 131 Å². The molecule has 74 heavy (non-hydrogen) atoms. The van der Waals surface area contributed by atoms with Gasteiger partial charge in [-0.3, -0.25) is 19.2 Å². The van der Waals surface area contributed by atoms with Crippen molar-refractivity contribution in [1.82, 2.24) is 48.8 Å². The van der Waals surface area contributed by atoms with E-state index in [9.17, 15) is 10.1 Å². The molecular formula is C55H65N17O2. The van der Waals surface area contributed by atoms with Crippen molar-refractivity contribution in [3.05, 3.63) is 125 Å². The van der Waals surface area contributed by atoms with Crippen LogP contribution in [0.4, 0.5) is 63.6 Å². The number of imidazole rings is 2. The number of fused-ring (bicyclic) bond motifs is 2. The molecule has 4 N–H and O–H groups in total. The minimum Gasteiger partial charge on any atom is -0.369 e. The van der Waals surface area contributed by atoms with Crippen LogP contribution in [0.1, 0.15) is 69.0 Å². The Morgan fingerprint density at radius 1 is 0.514 bits per heavy atom. The number of anilines is 10. The molecule has 0 unspecified atom stereocenters. The first-order valence-corrected chi connectivity index (χ1v) is 26.1. The van der Waals surface area contributed by atoms with Gasteiger partial charge in [0, 0.05) is 111 Å². The first-order chi connectivity index (χ1) is 36.1. The normalized spacial score (nSPS) is 16.9. The standard InChI is InChI=1S/C28H34N8.C27H31N9O2/c1-20-6-5-7-22(18-20)31-28-32-25-19-29-27(33-26(25)36(28)24-8-3-4-9-24)30-21-10-12-23(13-11-21)35-16-14-34(2)15-17-35;1-33-13-15-34(16-14-33)21-11-9-19(10-12-21)29-26-28-18-24-25(32-26)35(22-6-2-3-7-22)27(31-24)30-20-5-4-8-23(17-20)36(37)38/h5-7,10-13,18-19,24H,3-4,8-9,14-17H2,1-2H3,(H,31,32)(H,29,30,33);4-5,8-12,17-18,22H,2-3,6-7,13-16H2,1H3,(H,30,31)(H,28,29,32). The summed E-state index contributed by atoms with van der Waals surface area (Å²) in [6.07, 6.45) is 12.7. The van der Waals surface area contributed by atoms with Crippen LogP contribution in [0, 0.1) is 17.0 Å². The number of nitrogens with one attached hydrogen (secondary N) is 4. The van der Waals surface area contributed by atoms with Crippen LogP contribution in [-0.4, -0.2) is 120 Å². The second-order valence-electron chi connectivity index (χ2n) is 20.1. The van der Waals surface area contributed by atoms with Gasteiger partial charge in [-0.2, -0.15) is 9.97 Å². The molecule has 2 aliphatic carbocycles. The minimum atomic E-state index is -0.397. The maximum atomic E-state index is 11.2. The van der Waals surface area contributed by atoms with Gasteiger partial charge in [-0.05, 0) is 119 Å². The van der Waals surface area contributed by atoms with E-state index in [1.807, 2.05) is 6.20 Å². The molecule has 2 saturated carbocycles. The number of aromatic nitrogens is 8. The molecule has 2 aliphatic heterocycles. The molecule has 19 nitrogen and oxygen atoms in total. The van der Waals surface area contributed by atoms with Gasteiger partial charge in [0.25, 0.3) is 5.69 Å². The van der Waals surface area contributed by atoms with Gasteiger partial charge in [0.05, 0.1) is 17.3 Å². The fourth-order valence-corrected chi connectivity index (χ4v) is 10.7. The fourth-order valence-electron chi connectivity index (χ4n) is 10.7. The SMILES string of the molecule is CN1CCN(c2ccc(Nc3ncc4nc(Nc5cccc([N+](=O)[O-])c5)n(C5CCCC5)c4n3)cc2)CC1.Cc1cccc(Nc2nc3cnc(Nc4ccc(N5CCN(C)CC5)cc4)nc3n2C2CCCC2)c1. The Morgan fingerprint density at radius 3 is 1.38 bits per heavy atom. The Bertz CT molecular complexity index is 3200. The highest BCUT2D eigenvalue weighted by Gasteiger charge is 2.27. The molecule has 4 aromatic heterocycles. The highest BCUT2D eigenvalue weighted by Crippen LogP contribution is 2.38. The van der Waals surface area contributed by atoms with Crippen LogP contribution < -0.4 is 31.1 Å². The van der Waals surface area contributed by atoms with Gasteiger partial charge < -0.3 is 40.9 Å². The molecule has 2 saturated heterocycles. The highest BCUT2D eigenvalue weighted by molar-refractivity contribution is 5.79. The third-order valence-corrected chi connectivity index (χ3v) is 14.8. The molecule has 8 aromatic rings. The molecular weight excluding hydrogens is 931 g/mol. The summed E-state index contributed by atoms with van der Waals surface area (Å²) in [4.78, 5) is 49.0. The molecule has 12 rings (SSSR count). The summed E-state index contributed by atoms with van der Waals surface area (Å²) in [6.45, 7) is 10.6. The number of likely N-dealkylation sites (N-methyl/N-ethyl adjacent to an activating group) is 2. The van der Waals surface area contributed by atoms with Gasteiger partial charge in [0.15, 0.2) is 11.3 Å². The molecule has 4 fully saturated rings. The van der Waals surface area contributed by atoms with Crippen molar-refractivity contribution in [2.45, 2.75) is 70.4 Å². The molecule has 0 radical (unpaired) electrons. The average molecular weight is 996 g/mol. The van der Waals surface area contributed by atoms with Gasteiger partial charge in [-0.15, -0.1) is 0 Å². The van der Waals surface area contributed by atoms with E-state index in [1.54, 1.807) is 18.3 Å². The van der Waals surface area contributed by atoms with Gasteiger partial charge in [0.2, 0.25) is 23.8 Å². The van der Waals surface area contributed by atoms with Crippen LogP contribution in [-0.2, 0) is 0 Å². The van der Waals surface area contributed by atoms with Crippen LogP contribution in [0.2, 0.25) is 0 Å². The molecule has 382 valence electrons. The van der Waals surface area contributed by atoms with E-state index in [0.29, 0.717) is 35.1 Å². The van der Waals surface area contributed by atoms with E-state index in [1.165, 1.54) is 41.9 Å². The Hall–Kier alpha value is -7.90. The smallest absolute Gasteiger partial charge is 0.271 e. The van der Waals surface area contributed by atoms with Gasteiger partial charge in [0.1, 0.15) is 11.0 Å². The second kappa shape index (κ2) is 21.7. The Balaban J connectivity index is 0.000000159. The summed E-state index contributed by atoms with van der Waals surface area (Å²) in [5, 5.41) is 24.8. The first-order valence-electron chi connectivity index (χ1n) is 26.1. The van der Waals surface area contributed by atoms with Gasteiger partial charge >= 0.3 is 0 Å². The van der Waals surface area contributed by atoms with Gasteiger partial charge in [-0.1, -0.05) is 43.9 Å². The topological polar surface area (TPSA) is 191 Å². The van der Waals surface area contributed by atoms with E-state index in [2.05, 4.69) is 154 Å². The Kier molecular flexibility index (Phi) is 14.2. The van der Waals surface area contributed by atoms with Gasteiger partial charge in [-0.25, -0.2) is 19.9 Å². The van der Waals surface area contributed by atoms with Crippen molar-refractivity contribution < 1.29 is 4.92 Å². The number of non-ortho nitro benzene ring substituents is 1. The number of piperazine rings is 2. The number of nitrogens with zero attached hydrogens (tertiary/aromatic N) is 13. The zero-order valence-corrected chi connectivity index (χ0v) is 42.5. The largest absolute Gasteiger partial charge is 0.369 e. The number of nitro groups is 1. The number of nitro benzene ring substituents is 1. The van der Waals surface area contributed by atoms with Crippen molar-refractivity contribution in [3.8, 4) is 0 Å². The van der Waals surface area contributed by atoms with Crippen LogP contribution >= 0.6 is 0 Å². The summed E-state index contributed by atoms with van der Waals surface area (Å²) >= 11 is 0. The summed E-state index contributed by atoms with van der Waals surface area (Å²) in [7, 11) is 4.34. The van der Waals surface area contributed by atoms with Crippen LogP contribution in [0.3, 0.4) is 0 Å². The summed E-state index contributed by atoms with van der Waals surface area (Å²) in [5.74, 6) is 2.56. The summed E-state index contributed by atoms with van der Waals surface area (Å²) < 4.78 is 4.42. The lowest BCUT2D eigenvalue weighted by atomic mass is 10.2. The molecule has 0 amide bonds. The highest BCUT2D eigenvalue weighted by atomic mass is 16.6. The molecule has 4 aromatic carbocycles. The number of aryl methyl sites for hydroxylation is 1.